The lowest BCUT2D eigenvalue weighted by atomic mass is 10.4. The lowest BCUT2D eigenvalue weighted by molar-refractivity contribution is -0.121. The molecular weight excluding hydrogens is 302 g/mol. The molecule has 120 valence electrons. The predicted molar refractivity (Wildman–Crippen MR) is 80.6 cm³/mol. The molecule has 0 saturated carbocycles. The van der Waals surface area contributed by atoms with Gasteiger partial charge in [-0.05, 0) is 0 Å². The fraction of sp³-hybridized carbons (Fsp3) is 0.308. The predicted octanol–water partition coefficient (Wildman–Crippen LogP) is -1.53. The normalized spacial score (nSPS) is 11.0. The molecule has 0 bridgehead atoms. The van der Waals surface area contributed by atoms with E-state index < -0.39 is 11.2 Å². The van der Waals surface area contributed by atoms with E-state index in [-0.39, 0.29) is 30.2 Å². The topological polar surface area (TPSA) is 120 Å². The minimum atomic E-state index is -0.487. The molecule has 0 saturated heterocycles. The molecule has 1 amide bonds. The molecule has 0 unspecified atom stereocenters. The summed E-state index contributed by atoms with van der Waals surface area (Å²) in [5, 5.41) is 2.69. The molecule has 2 N–H and O–H groups in total. The van der Waals surface area contributed by atoms with Crippen molar-refractivity contribution in [2.45, 2.75) is 13.1 Å². The summed E-state index contributed by atoms with van der Waals surface area (Å²) in [6.45, 7) is 0.180. The number of carbonyl (C=O) groups excluding carboxylic acids is 1. The fourth-order valence-corrected chi connectivity index (χ4v) is 2.30. The Morgan fingerprint density at radius 1 is 1.26 bits per heavy atom. The van der Waals surface area contributed by atoms with Gasteiger partial charge in [-0.3, -0.25) is 18.7 Å². The van der Waals surface area contributed by atoms with Crippen LogP contribution in [0.3, 0.4) is 0 Å². The van der Waals surface area contributed by atoms with E-state index in [2.05, 4.69) is 20.3 Å². The summed E-state index contributed by atoms with van der Waals surface area (Å²) in [6.07, 6.45) is 4.63. The Hall–Kier alpha value is -3.17. The van der Waals surface area contributed by atoms with Gasteiger partial charge >= 0.3 is 5.69 Å². The molecule has 23 heavy (non-hydrogen) atoms. The average molecular weight is 317 g/mol. The summed E-state index contributed by atoms with van der Waals surface area (Å²) in [5.41, 5.74) is -0.492. The van der Waals surface area contributed by atoms with Crippen LogP contribution in [0.5, 0.6) is 0 Å². The van der Waals surface area contributed by atoms with Crippen molar-refractivity contribution in [3.05, 3.63) is 45.4 Å². The van der Waals surface area contributed by atoms with Gasteiger partial charge < -0.3 is 14.9 Å². The molecule has 0 aliphatic rings. The maximum absolute atomic E-state index is 12.3. The van der Waals surface area contributed by atoms with Crippen LogP contribution in [0.15, 0.2) is 28.3 Å². The molecule has 10 heteroatoms. The Bertz CT molecular complexity index is 978. The molecule has 0 fully saturated rings. The first-order chi connectivity index (χ1) is 11.0. The smallest absolute Gasteiger partial charge is 0.332 e. The molecule has 3 aromatic heterocycles. The number of nitrogens with one attached hydrogen (secondary N) is 2. The zero-order chi connectivity index (χ0) is 16.6. The number of aryl methyl sites for hydroxylation is 1. The molecule has 0 spiro atoms. The van der Waals surface area contributed by atoms with Crippen molar-refractivity contribution in [1.29, 1.82) is 0 Å². The second kappa shape index (κ2) is 5.55. The number of aromatic amines is 1. The molecule has 3 aromatic rings. The highest BCUT2D eigenvalue weighted by atomic mass is 16.2. The number of amides is 1. The van der Waals surface area contributed by atoms with E-state index in [1.807, 2.05) is 0 Å². The van der Waals surface area contributed by atoms with E-state index in [1.54, 1.807) is 12.4 Å². The third kappa shape index (κ3) is 2.54. The van der Waals surface area contributed by atoms with Gasteiger partial charge in [-0.25, -0.2) is 14.8 Å². The minimum absolute atomic E-state index is 0.0787. The van der Waals surface area contributed by atoms with Crippen molar-refractivity contribution in [1.82, 2.24) is 34.0 Å². The van der Waals surface area contributed by atoms with Gasteiger partial charge in [0.2, 0.25) is 5.91 Å². The number of nitrogens with zero attached hydrogens (tertiary/aromatic N) is 5. The van der Waals surface area contributed by atoms with Crippen LogP contribution in [-0.2, 0) is 32.0 Å². The maximum Gasteiger partial charge on any atom is 0.332 e. The third-order valence-corrected chi connectivity index (χ3v) is 3.54. The number of aromatic nitrogens is 6. The summed E-state index contributed by atoms with van der Waals surface area (Å²) < 4.78 is 3.68. The van der Waals surface area contributed by atoms with Gasteiger partial charge in [0.15, 0.2) is 11.2 Å². The van der Waals surface area contributed by atoms with Gasteiger partial charge in [0.05, 0.1) is 12.9 Å². The Morgan fingerprint density at radius 3 is 2.74 bits per heavy atom. The number of hydrogen-bond acceptors (Lipinski definition) is 5. The van der Waals surface area contributed by atoms with Crippen molar-refractivity contribution < 1.29 is 4.79 Å². The highest BCUT2D eigenvalue weighted by Crippen LogP contribution is 2.05. The maximum atomic E-state index is 12.3. The highest BCUT2D eigenvalue weighted by Gasteiger charge is 2.15. The lowest BCUT2D eigenvalue weighted by Crippen LogP contribution is -2.38. The van der Waals surface area contributed by atoms with E-state index in [1.165, 1.54) is 29.6 Å². The van der Waals surface area contributed by atoms with E-state index in [9.17, 15) is 14.4 Å². The van der Waals surface area contributed by atoms with Crippen molar-refractivity contribution >= 4 is 17.1 Å². The van der Waals surface area contributed by atoms with E-state index >= 15 is 0 Å². The van der Waals surface area contributed by atoms with Gasteiger partial charge in [0, 0.05) is 26.5 Å². The second-order valence-electron chi connectivity index (χ2n) is 5.06. The second-order valence-corrected chi connectivity index (χ2v) is 5.06. The van der Waals surface area contributed by atoms with Gasteiger partial charge in [-0.2, -0.15) is 0 Å². The van der Waals surface area contributed by atoms with Crippen LogP contribution in [0, 0.1) is 0 Å². The fourth-order valence-electron chi connectivity index (χ4n) is 2.30. The third-order valence-electron chi connectivity index (χ3n) is 3.54. The number of fused-ring (bicyclic) bond motifs is 1. The summed E-state index contributed by atoms with van der Waals surface area (Å²) in [7, 11) is 2.91. The first-order valence-corrected chi connectivity index (χ1v) is 6.85. The highest BCUT2D eigenvalue weighted by molar-refractivity contribution is 5.78. The zero-order valence-corrected chi connectivity index (χ0v) is 12.6. The van der Waals surface area contributed by atoms with Crippen molar-refractivity contribution in [3.8, 4) is 0 Å². The Morgan fingerprint density at radius 2 is 2.04 bits per heavy atom. The Kier molecular flexibility index (Phi) is 3.56. The first kappa shape index (κ1) is 14.8. The van der Waals surface area contributed by atoms with Crippen LogP contribution in [0.4, 0.5) is 0 Å². The molecule has 3 heterocycles. The van der Waals surface area contributed by atoms with Gasteiger partial charge in [-0.15, -0.1) is 0 Å². The van der Waals surface area contributed by atoms with Crippen molar-refractivity contribution in [2.75, 3.05) is 0 Å². The summed E-state index contributed by atoms with van der Waals surface area (Å²) in [4.78, 5) is 47.1. The zero-order valence-electron chi connectivity index (χ0n) is 12.6. The molecule has 0 aliphatic carbocycles. The Labute approximate surface area is 129 Å². The van der Waals surface area contributed by atoms with Crippen molar-refractivity contribution in [3.63, 3.8) is 0 Å². The van der Waals surface area contributed by atoms with Gasteiger partial charge in [0.1, 0.15) is 12.4 Å². The molecule has 10 nitrogen and oxygen atoms in total. The number of hydrogen-bond donors (Lipinski definition) is 2. The Balaban J connectivity index is 1.88. The van der Waals surface area contributed by atoms with E-state index in [0.717, 1.165) is 4.57 Å². The lowest BCUT2D eigenvalue weighted by Gasteiger charge is -2.07. The molecule has 3 rings (SSSR count). The monoisotopic (exact) mass is 317 g/mol. The molecule has 0 radical (unpaired) electrons. The standard InChI is InChI=1S/C13H15N7O3/c1-18-11-10(12(22)19(2)13(18)23)20(7-17-11)6-9(21)16-5-8-14-3-4-15-8/h3-4,7H,5-6H2,1-2H3,(H,14,15)(H,16,21). The number of rotatable bonds is 4. The molecule has 0 atom stereocenters. The molecular formula is C13H15N7O3. The van der Waals surface area contributed by atoms with Crippen LogP contribution in [0.2, 0.25) is 0 Å². The summed E-state index contributed by atoms with van der Waals surface area (Å²) in [5.74, 6) is 0.337. The van der Waals surface area contributed by atoms with Gasteiger partial charge in [-0.1, -0.05) is 0 Å². The van der Waals surface area contributed by atoms with Crippen LogP contribution in [0.25, 0.3) is 11.2 Å². The molecule has 0 aromatic carbocycles. The van der Waals surface area contributed by atoms with Crippen LogP contribution in [-0.4, -0.2) is 34.6 Å². The summed E-state index contributed by atoms with van der Waals surface area (Å²) in [6, 6.07) is 0. The number of carbonyl (C=O) groups is 1. The van der Waals surface area contributed by atoms with E-state index in [0.29, 0.717) is 5.82 Å². The minimum Gasteiger partial charge on any atom is -0.347 e. The number of imidazole rings is 2. The van der Waals surface area contributed by atoms with Crippen LogP contribution in [0.1, 0.15) is 5.82 Å². The van der Waals surface area contributed by atoms with Crippen LogP contribution >= 0.6 is 0 Å². The summed E-state index contributed by atoms with van der Waals surface area (Å²) >= 11 is 0. The molecule has 0 aliphatic heterocycles. The number of H-pyrrole nitrogens is 1. The largest absolute Gasteiger partial charge is 0.347 e. The van der Waals surface area contributed by atoms with Crippen molar-refractivity contribution in [2.24, 2.45) is 14.1 Å². The SMILES string of the molecule is Cn1c(=O)c2c(ncn2CC(=O)NCc2ncc[nH]2)n(C)c1=O. The quantitative estimate of drug-likeness (QED) is 0.605. The van der Waals surface area contributed by atoms with Gasteiger partial charge in [0.25, 0.3) is 5.56 Å². The average Bonchev–Trinajstić information content (AvgIpc) is 3.18. The van der Waals surface area contributed by atoms with E-state index in [4.69, 9.17) is 0 Å². The van der Waals surface area contributed by atoms with Crippen LogP contribution < -0.4 is 16.6 Å². The first-order valence-electron chi connectivity index (χ1n) is 6.85.